The lowest BCUT2D eigenvalue weighted by atomic mass is 10.1. The Labute approximate surface area is 245 Å². The van der Waals surface area contributed by atoms with Gasteiger partial charge in [-0.3, -0.25) is 24.5 Å². The third-order valence-electron chi connectivity index (χ3n) is 5.79. The number of allylic oxidation sites excluding steroid dienone is 1. The highest BCUT2D eigenvalue weighted by Crippen LogP contribution is 2.27. The molecule has 2 N–H and O–H groups in total. The van der Waals surface area contributed by atoms with Gasteiger partial charge >= 0.3 is 0 Å². The van der Waals surface area contributed by atoms with Crippen molar-refractivity contribution in [2.24, 2.45) is 0 Å². The molecule has 0 fully saturated rings. The first kappa shape index (κ1) is 28.9. The molecule has 0 aliphatic heterocycles. The van der Waals surface area contributed by atoms with Crippen LogP contribution in [-0.4, -0.2) is 22.5 Å². The molecule has 0 unspecified atom stereocenters. The van der Waals surface area contributed by atoms with Crippen LogP contribution in [0, 0.1) is 10.1 Å². The van der Waals surface area contributed by atoms with Crippen molar-refractivity contribution in [1.29, 1.82) is 0 Å². The Bertz CT molecular complexity index is 1660. The lowest BCUT2D eigenvalue weighted by Gasteiger charge is -2.12. The van der Waals surface area contributed by atoms with Crippen LogP contribution >= 0.6 is 23.2 Å². The topological polar surface area (TPSA) is 118 Å². The van der Waals surface area contributed by atoms with Gasteiger partial charge in [0.1, 0.15) is 5.70 Å². The zero-order valence-electron chi connectivity index (χ0n) is 21.2. The minimum Gasteiger partial charge on any atom is -0.321 e. The summed E-state index contributed by atoms with van der Waals surface area (Å²) in [5.41, 5.74) is 1.41. The highest BCUT2D eigenvalue weighted by Gasteiger charge is 2.17. The van der Waals surface area contributed by atoms with E-state index in [9.17, 15) is 24.5 Å². The normalized spacial score (nSPS) is 11.2. The third-order valence-corrected chi connectivity index (χ3v) is 6.45. The molecule has 204 valence electrons. The molecule has 41 heavy (non-hydrogen) atoms. The molecule has 10 heteroatoms. The Morgan fingerprint density at radius 1 is 0.756 bits per heavy atom. The lowest BCUT2D eigenvalue weighted by molar-refractivity contribution is -0.385. The van der Waals surface area contributed by atoms with Crippen LogP contribution in [0.25, 0.3) is 12.2 Å². The van der Waals surface area contributed by atoms with E-state index in [1.807, 2.05) is 0 Å². The molecule has 0 saturated heterocycles. The third kappa shape index (κ3) is 7.54. The number of nitro benzene ring substituents is 1. The summed E-state index contributed by atoms with van der Waals surface area (Å²) in [5, 5.41) is 17.1. The van der Waals surface area contributed by atoms with Crippen LogP contribution in [0.2, 0.25) is 10.0 Å². The van der Waals surface area contributed by atoms with E-state index < -0.39 is 16.7 Å². The maximum absolute atomic E-state index is 13.3. The molecule has 0 heterocycles. The van der Waals surface area contributed by atoms with Crippen molar-refractivity contribution in [3.05, 3.63) is 151 Å². The number of carbonyl (C=O) groups excluding carboxylic acids is 3. The van der Waals surface area contributed by atoms with Gasteiger partial charge in [0.2, 0.25) is 0 Å². The molecule has 0 atom stereocenters. The summed E-state index contributed by atoms with van der Waals surface area (Å²) in [6.45, 7) is 0. The van der Waals surface area contributed by atoms with Crippen LogP contribution in [0.1, 0.15) is 31.8 Å². The first-order valence-electron chi connectivity index (χ1n) is 12.1. The Morgan fingerprint density at radius 3 is 2.05 bits per heavy atom. The fourth-order valence-electron chi connectivity index (χ4n) is 3.71. The maximum atomic E-state index is 13.3. The molecule has 4 rings (SSSR count). The number of halogens is 2. The molecule has 0 radical (unpaired) electrons. The number of nitrogens with one attached hydrogen (secondary N) is 2. The predicted molar refractivity (Wildman–Crippen MR) is 160 cm³/mol. The molecule has 2 amide bonds. The summed E-state index contributed by atoms with van der Waals surface area (Å²) in [6, 6.07) is 25.3. The van der Waals surface area contributed by atoms with E-state index in [4.69, 9.17) is 23.2 Å². The van der Waals surface area contributed by atoms with Gasteiger partial charge in [-0.05, 0) is 72.8 Å². The highest BCUT2D eigenvalue weighted by atomic mass is 35.5. The summed E-state index contributed by atoms with van der Waals surface area (Å²) in [6.07, 6.45) is 4.00. The molecular formula is C31H21Cl2N3O5. The summed E-state index contributed by atoms with van der Waals surface area (Å²) in [4.78, 5) is 49.4. The van der Waals surface area contributed by atoms with Gasteiger partial charge in [0, 0.05) is 38.5 Å². The van der Waals surface area contributed by atoms with Crippen molar-refractivity contribution in [2.45, 2.75) is 0 Å². The van der Waals surface area contributed by atoms with Crippen LogP contribution in [0.4, 0.5) is 11.4 Å². The van der Waals surface area contributed by atoms with E-state index in [-0.39, 0.29) is 27.2 Å². The summed E-state index contributed by atoms with van der Waals surface area (Å²) in [5.74, 6) is -1.55. The second-order valence-electron chi connectivity index (χ2n) is 8.56. The van der Waals surface area contributed by atoms with Gasteiger partial charge in [-0.25, -0.2) is 0 Å². The molecule has 0 aliphatic carbocycles. The van der Waals surface area contributed by atoms with Gasteiger partial charge in [0.15, 0.2) is 5.78 Å². The molecule has 0 aliphatic rings. The minimum atomic E-state index is -0.652. The molecule has 4 aromatic rings. The van der Waals surface area contributed by atoms with Crippen molar-refractivity contribution >= 4 is 64.3 Å². The standard InChI is InChI=1S/C31H21Cl2N3O5/c32-25-10-6-11-26(33)24(25)19-27(35-30(38)22-8-2-1-3-9-22)31(39)34-23-16-13-21(14-17-23)29(37)18-15-20-7-4-5-12-28(20)36(40)41/h1-19H,(H,34,39)(H,35,38)/b18-15+,27-19-. The van der Waals surface area contributed by atoms with E-state index >= 15 is 0 Å². The average Bonchev–Trinajstić information content (AvgIpc) is 2.98. The Hall–Kier alpha value is -5.05. The van der Waals surface area contributed by atoms with E-state index in [1.54, 1.807) is 60.7 Å². The Kier molecular flexibility index (Phi) is 9.42. The molecule has 0 saturated carbocycles. The Balaban J connectivity index is 1.53. The number of amides is 2. The van der Waals surface area contributed by atoms with E-state index in [2.05, 4.69) is 10.6 Å². The van der Waals surface area contributed by atoms with Crippen LogP contribution < -0.4 is 10.6 Å². The monoisotopic (exact) mass is 585 g/mol. The largest absolute Gasteiger partial charge is 0.321 e. The second-order valence-corrected chi connectivity index (χ2v) is 9.37. The average molecular weight is 586 g/mol. The summed E-state index contributed by atoms with van der Waals surface area (Å²) in [7, 11) is 0. The number of nitrogens with zero attached hydrogens (tertiary/aromatic N) is 1. The predicted octanol–water partition coefficient (Wildman–Crippen LogP) is 7.21. The van der Waals surface area contributed by atoms with E-state index in [0.717, 1.165) is 0 Å². The van der Waals surface area contributed by atoms with E-state index in [0.29, 0.717) is 27.9 Å². The number of carbonyl (C=O) groups is 3. The fourth-order valence-corrected chi connectivity index (χ4v) is 4.21. The number of rotatable bonds is 9. The van der Waals surface area contributed by atoms with Crippen LogP contribution in [0.15, 0.2) is 109 Å². The quantitative estimate of drug-likeness (QED) is 0.0930. The van der Waals surface area contributed by atoms with Gasteiger partial charge in [-0.2, -0.15) is 0 Å². The number of nitro groups is 1. The van der Waals surface area contributed by atoms with E-state index in [1.165, 1.54) is 54.6 Å². The van der Waals surface area contributed by atoms with Crippen LogP contribution in [0.3, 0.4) is 0 Å². The van der Waals surface area contributed by atoms with Gasteiger partial charge in [0.25, 0.3) is 17.5 Å². The number of hydrogen-bond acceptors (Lipinski definition) is 5. The number of para-hydroxylation sites is 1. The van der Waals surface area contributed by atoms with Gasteiger partial charge in [0.05, 0.1) is 10.5 Å². The first-order valence-corrected chi connectivity index (χ1v) is 12.9. The van der Waals surface area contributed by atoms with Gasteiger partial charge in [-0.15, -0.1) is 0 Å². The molecule has 0 bridgehead atoms. The number of anilines is 1. The van der Waals surface area contributed by atoms with Crippen molar-refractivity contribution in [1.82, 2.24) is 5.32 Å². The highest BCUT2D eigenvalue weighted by molar-refractivity contribution is 6.37. The minimum absolute atomic E-state index is 0.110. The molecule has 8 nitrogen and oxygen atoms in total. The lowest BCUT2D eigenvalue weighted by Crippen LogP contribution is -2.30. The van der Waals surface area contributed by atoms with Crippen LogP contribution in [0.5, 0.6) is 0 Å². The zero-order valence-corrected chi connectivity index (χ0v) is 22.7. The van der Waals surface area contributed by atoms with Gasteiger partial charge in [-0.1, -0.05) is 59.6 Å². The molecule has 0 aromatic heterocycles. The fraction of sp³-hybridized carbons (Fsp3) is 0. The van der Waals surface area contributed by atoms with Gasteiger partial charge < -0.3 is 10.6 Å². The summed E-state index contributed by atoms with van der Waals surface area (Å²) < 4.78 is 0. The molecule has 0 spiro atoms. The number of ketones is 1. The van der Waals surface area contributed by atoms with Crippen molar-refractivity contribution < 1.29 is 19.3 Å². The second kappa shape index (κ2) is 13.3. The van der Waals surface area contributed by atoms with Crippen LogP contribution in [-0.2, 0) is 4.79 Å². The number of hydrogen-bond donors (Lipinski definition) is 2. The first-order chi connectivity index (χ1) is 19.7. The molecular weight excluding hydrogens is 565 g/mol. The molecule has 4 aromatic carbocycles. The summed E-state index contributed by atoms with van der Waals surface area (Å²) >= 11 is 12.6. The van der Waals surface area contributed by atoms with Crippen molar-refractivity contribution in [3.8, 4) is 0 Å². The van der Waals surface area contributed by atoms with Crippen molar-refractivity contribution in [3.63, 3.8) is 0 Å². The zero-order chi connectivity index (χ0) is 29.4. The number of benzene rings is 4. The maximum Gasteiger partial charge on any atom is 0.276 e. The smallest absolute Gasteiger partial charge is 0.276 e. The SMILES string of the molecule is O=C(Nc1ccc(C(=O)/C=C/c2ccccc2[N+](=O)[O-])cc1)/C(=C/c1c(Cl)cccc1Cl)NC(=O)c1ccccc1. The van der Waals surface area contributed by atoms with Crippen molar-refractivity contribution in [2.75, 3.05) is 5.32 Å². The Morgan fingerprint density at radius 2 is 1.39 bits per heavy atom.